The Balaban J connectivity index is 2.09. The van der Waals surface area contributed by atoms with Gasteiger partial charge < -0.3 is 14.6 Å². The van der Waals surface area contributed by atoms with E-state index >= 15 is 0 Å². The molecule has 3 rings (SSSR count). The predicted molar refractivity (Wildman–Crippen MR) is 79.1 cm³/mol. The van der Waals surface area contributed by atoms with Crippen molar-refractivity contribution in [1.82, 2.24) is 15.1 Å². The lowest BCUT2D eigenvalue weighted by molar-refractivity contribution is 0.109. The van der Waals surface area contributed by atoms with Crippen molar-refractivity contribution in [1.29, 1.82) is 0 Å². The zero-order valence-corrected chi connectivity index (χ0v) is 12.7. The third-order valence-electron chi connectivity index (χ3n) is 3.62. The van der Waals surface area contributed by atoms with Crippen molar-refractivity contribution in [2.45, 2.75) is 40.2 Å². The van der Waals surface area contributed by atoms with Crippen LogP contribution in [0.1, 0.15) is 36.1 Å². The van der Waals surface area contributed by atoms with Crippen molar-refractivity contribution < 1.29 is 9.26 Å². The first-order valence-corrected chi connectivity index (χ1v) is 7.35. The summed E-state index contributed by atoms with van der Waals surface area (Å²) in [5.74, 6) is 2.31. The largest absolute Gasteiger partial charge is 0.376 e. The molecule has 0 atom stereocenters. The molecule has 21 heavy (non-hydrogen) atoms. The maximum absolute atomic E-state index is 5.54. The van der Waals surface area contributed by atoms with E-state index in [1.165, 1.54) is 0 Å². The normalized spacial score (nSPS) is 14.0. The third-order valence-corrected chi connectivity index (χ3v) is 3.62. The van der Waals surface area contributed by atoms with Gasteiger partial charge in [0.1, 0.15) is 11.6 Å². The maximum Gasteiger partial charge on any atom is 0.167 e. The average Bonchev–Trinajstić information content (AvgIpc) is 2.83. The fourth-order valence-electron chi connectivity index (χ4n) is 2.54. The van der Waals surface area contributed by atoms with E-state index in [1.54, 1.807) is 0 Å². The Hall–Kier alpha value is -1.95. The number of aryl methyl sites for hydroxylation is 2. The molecule has 0 radical (unpaired) electrons. The molecule has 112 valence electrons. The van der Waals surface area contributed by atoms with Gasteiger partial charge in [-0.25, -0.2) is 9.97 Å². The summed E-state index contributed by atoms with van der Waals surface area (Å²) in [7, 11) is 0. The molecule has 0 aromatic carbocycles. The van der Waals surface area contributed by atoms with Crippen LogP contribution in [0, 0.1) is 13.8 Å². The molecule has 2 aromatic heterocycles. The molecule has 0 saturated carbocycles. The number of anilines is 1. The summed E-state index contributed by atoms with van der Waals surface area (Å²) >= 11 is 0. The Bertz CT molecular complexity index is 632. The number of fused-ring (bicyclic) bond motifs is 1. The first-order valence-electron chi connectivity index (χ1n) is 7.35. The number of hydrogen-bond donors (Lipinski definition) is 1. The Morgan fingerprint density at radius 2 is 2.10 bits per heavy atom. The molecule has 6 nitrogen and oxygen atoms in total. The molecule has 3 heterocycles. The molecule has 0 saturated heterocycles. The van der Waals surface area contributed by atoms with E-state index in [4.69, 9.17) is 14.2 Å². The zero-order chi connectivity index (χ0) is 14.8. The van der Waals surface area contributed by atoms with Gasteiger partial charge in [-0.15, -0.1) is 0 Å². The molecular formula is C15H20N4O2. The lowest BCUT2D eigenvalue weighted by atomic mass is 10.1. The van der Waals surface area contributed by atoms with E-state index in [0.29, 0.717) is 19.0 Å². The molecule has 0 fully saturated rings. The van der Waals surface area contributed by atoms with Crippen LogP contribution in [-0.2, 0) is 17.8 Å². The second-order valence-electron chi connectivity index (χ2n) is 5.25. The van der Waals surface area contributed by atoms with Crippen LogP contribution in [-0.4, -0.2) is 28.3 Å². The number of rotatable bonds is 4. The van der Waals surface area contributed by atoms with Crippen LogP contribution in [0.5, 0.6) is 0 Å². The van der Waals surface area contributed by atoms with Gasteiger partial charge in [-0.3, -0.25) is 0 Å². The molecule has 0 bridgehead atoms. The molecule has 0 spiro atoms. The number of aromatic nitrogens is 3. The van der Waals surface area contributed by atoms with E-state index in [2.05, 4.69) is 22.4 Å². The van der Waals surface area contributed by atoms with Crippen LogP contribution in [0.4, 0.5) is 5.82 Å². The molecule has 1 N–H and O–H groups in total. The first-order chi connectivity index (χ1) is 10.2. The Morgan fingerprint density at radius 3 is 2.81 bits per heavy atom. The van der Waals surface area contributed by atoms with Crippen molar-refractivity contribution in [2.75, 3.05) is 18.5 Å². The maximum atomic E-state index is 5.54. The van der Waals surface area contributed by atoms with E-state index in [9.17, 15) is 0 Å². The molecule has 1 aliphatic heterocycles. The number of nitrogens with one attached hydrogen (secondary N) is 1. The summed E-state index contributed by atoms with van der Waals surface area (Å²) in [5, 5.41) is 7.38. The molecule has 0 unspecified atom stereocenters. The molecule has 0 aliphatic carbocycles. The van der Waals surface area contributed by atoms with Crippen LogP contribution in [0.2, 0.25) is 0 Å². The van der Waals surface area contributed by atoms with Crippen molar-refractivity contribution in [3.8, 4) is 11.4 Å². The number of ether oxygens (including phenoxy) is 1. The fraction of sp³-hybridized carbons (Fsp3) is 0.533. The molecule has 2 aromatic rings. The summed E-state index contributed by atoms with van der Waals surface area (Å²) in [5.41, 5.74) is 3.85. The standard InChI is InChI=1S/C15H20N4O2/c1-4-6-16-14-11-8-20-7-5-12(11)17-15(18-14)13-9(2)19-21-10(13)3/h4-8H2,1-3H3,(H,16,17,18). The lowest BCUT2D eigenvalue weighted by Gasteiger charge is -2.20. The summed E-state index contributed by atoms with van der Waals surface area (Å²) < 4.78 is 10.8. The van der Waals surface area contributed by atoms with Gasteiger partial charge in [0.05, 0.1) is 30.2 Å². The van der Waals surface area contributed by atoms with Crippen molar-refractivity contribution in [3.05, 3.63) is 22.7 Å². The molecule has 1 aliphatic rings. The van der Waals surface area contributed by atoms with E-state index in [-0.39, 0.29) is 0 Å². The van der Waals surface area contributed by atoms with Gasteiger partial charge >= 0.3 is 0 Å². The van der Waals surface area contributed by atoms with Crippen LogP contribution in [0.25, 0.3) is 11.4 Å². The second kappa shape index (κ2) is 5.81. The van der Waals surface area contributed by atoms with Gasteiger partial charge in [0.2, 0.25) is 0 Å². The van der Waals surface area contributed by atoms with Crippen molar-refractivity contribution in [2.24, 2.45) is 0 Å². The van der Waals surface area contributed by atoms with E-state index in [0.717, 1.165) is 53.5 Å². The predicted octanol–water partition coefficient (Wildman–Crippen LogP) is 2.64. The van der Waals surface area contributed by atoms with Gasteiger partial charge in [0.15, 0.2) is 5.82 Å². The Morgan fingerprint density at radius 1 is 1.24 bits per heavy atom. The fourth-order valence-corrected chi connectivity index (χ4v) is 2.54. The van der Waals surface area contributed by atoms with Crippen molar-refractivity contribution >= 4 is 5.82 Å². The topological polar surface area (TPSA) is 73.1 Å². The van der Waals surface area contributed by atoms with Crippen molar-refractivity contribution in [3.63, 3.8) is 0 Å². The highest BCUT2D eigenvalue weighted by atomic mass is 16.5. The van der Waals surface area contributed by atoms with Crippen LogP contribution >= 0.6 is 0 Å². The Labute approximate surface area is 123 Å². The monoisotopic (exact) mass is 288 g/mol. The highest BCUT2D eigenvalue weighted by molar-refractivity contribution is 5.63. The van der Waals surface area contributed by atoms with Gasteiger partial charge in [0, 0.05) is 18.5 Å². The smallest absolute Gasteiger partial charge is 0.167 e. The number of hydrogen-bond acceptors (Lipinski definition) is 6. The van der Waals surface area contributed by atoms with Gasteiger partial charge in [0.25, 0.3) is 0 Å². The SMILES string of the molecule is CCCNc1nc(-c2c(C)noc2C)nc2c1COCC2. The first kappa shape index (κ1) is 14.0. The minimum atomic E-state index is 0.573. The minimum Gasteiger partial charge on any atom is -0.376 e. The quantitative estimate of drug-likeness (QED) is 0.932. The van der Waals surface area contributed by atoms with E-state index < -0.39 is 0 Å². The van der Waals surface area contributed by atoms with E-state index in [1.807, 2.05) is 13.8 Å². The highest BCUT2D eigenvalue weighted by Gasteiger charge is 2.21. The van der Waals surface area contributed by atoms with Crippen LogP contribution in [0.3, 0.4) is 0 Å². The summed E-state index contributed by atoms with van der Waals surface area (Å²) in [6.45, 7) is 8.09. The molecule has 6 heteroatoms. The number of nitrogens with zero attached hydrogens (tertiary/aromatic N) is 3. The highest BCUT2D eigenvalue weighted by Crippen LogP contribution is 2.29. The summed E-state index contributed by atoms with van der Waals surface area (Å²) in [4.78, 5) is 9.40. The van der Waals surface area contributed by atoms with Crippen LogP contribution in [0.15, 0.2) is 4.52 Å². The summed E-state index contributed by atoms with van der Waals surface area (Å²) in [6, 6.07) is 0. The zero-order valence-electron chi connectivity index (χ0n) is 12.7. The average molecular weight is 288 g/mol. The summed E-state index contributed by atoms with van der Waals surface area (Å²) in [6.07, 6.45) is 1.86. The minimum absolute atomic E-state index is 0.573. The van der Waals surface area contributed by atoms with Crippen LogP contribution < -0.4 is 5.32 Å². The van der Waals surface area contributed by atoms with Gasteiger partial charge in [-0.2, -0.15) is 0 Å². The second-order valence-corrected chi connectivity index (χ2v) is 5.25. The van der Waals surface area contributed by atoms with Gasteiger partial charge in [-0.05, 0) is 20.3 Å². The molecular weight excluding hydrogens is 268 g/mol. The molecule has 0 amide bonds. The van der Waals surface area contributed by atoms with Gasteiger partial charge in [-0.1, -0.05) is 12.1 Å². The Kier molecular flexibility index (Phi) is 3.88. The third kappa shape index (κ3) is 2.63. The lowest BCUT2D eigenvalue weighted by Crippen LogP contribution is -2.17.